The Morgan fingerprint density at radius 2 is 1.95 bits per heavy atom. The van der Waals surface area contributed by atoms with Crippen molar-refractivity contribution in [3.8, 4) is 0 Å². The van der Waals surface area contributed by atoms with Crippen molar-refractivity contribution in [2.75, 3.05) is 5.32 Å². The van der Waals surface area contributed by atoms with Crippen LogP contribution in [0.15, 0.2) is 36.9 Å². The molecule has 1 heterocycles. The molecule has 0 spiro atoms. The molecule has 1 saturated carbocycles. The van der Waals surface area contributed by atoms with E-state index >= 15 is 0 Å². The smallest absolute Gasteiger partial charge is 0.137 e. The van der Waals surface area contributed by atoms with E-state index < -0.39 is 0 Å². The van der Waals surface area contributed by atoms with Gasteiger partial charge in [-0.05, 0) is 48.8 Å². The van der Waals surface area contributed by atoms with Crippen LogP contribution in [0, 0.1) is 11.8 Å². The maximum absolute atomic E-state index is 4.13. The lowest BCUT2D eigenvalue weighted by Gasteiger charge is -2.33. The van der Waals surface area contributed by atoms with Crippen LogP contribution in [0.3, 0.4) is 0 Å². The van der Waals surface area contributed by atoms with E-state index in [1.165, 1.54) is 30.5 Å². The lowest BCUT2D eigenvalue weighted by Crippen LogP contribution is -2.30. The van der Waals surface area contributed by atoms with Gasteiger partial charge in [-0.15, -0.1) is 0 Å². The molecule has 112 valence electrons. The molecule has 4 nitrogen and oxygen atoms in total. The third kappa shape index (κ3) is 3.63. The van der Waals surface area contributed by atoms with Crippen molar-refractivity contribution in [2.45, 2.75) is 45.7 Å². The summed E-state index contributed by atoms with van der Waals surface area (Å²) in [6, 6.07) is 9.30. The van der Waals surface area contributed by atoms with E-state index in [9.17, 15) is 0 Å². The fraction of sp³-hybridized carbons (Fsp3) is 0.529. The summed E-state index contributed by atoms with van der Waals surface area (Å²) in [5.41, 5.74) is 2.47. The average Bonchev–Trinajstić information content (AvgIpc) is 2.98. The van der Waals surface area contributed by atoms with Crippen LogP contribution in [0.25, 0.3) is 0 Å². The number of hydrogen-bond donors (Lipinski definition) is 1. The first-order chi connectivity index (χ1) is 10.2. The zero-order valence-electron chi connectivity index (χ0n) is 12.9. The Morgan fingerprint density at radius 3 is 2.62 bits per heavy atom. The van der Waals surface area contributed by atoms with Gasteiger partial charge in [0.1, 0.15) is 12.7 Å². The Hall–Kier alpha value is -1.84. The second kappa shape index (κ2) is 6.29. The summed E-state index contributed by atoms with van der Waals surface area (Å²) in [5, 5.41) is 7.82. The Morgan fingerprint density at radius 1 is 1.14 bits per heavy atom. The largest absolute Gasteiger partial charge is 0.382 e. The van der Waals surface area contributed by atoms with Crippen LogP contribution in [-0.4, -0.2) is 20.8 Å². The first-order valence-electron chi connectivity index (χ1n) is 7.88. The van der Waals surface area contributed by atoms with Crippen LogP contribution in [-0.2, 0) is 6.54 Å². The van der Waals surface area contributed by atoms with Crippen LogP contribution in [0.1, 0.15) is 38.7 Å². The number of anilines is 1. The van der Waals surface area contributed by atoms with Gasteiger partial charge in [0.25, 0.3) is 0 Å². The van der Waals surface area contributed by atoms with Gasteiger partial charge < -0.3 is 5.32 Å². The highest BCUT2D eigenvalue weighted by Gasteiger charge is 2.24. The van der Waals surface area contributed by atoms with Crippen molar-refractivity contribution in [2.24, 2.45) is 11.8 Å². The third-order valence-electron chi connectivity index (χ3n) is 4.73. The number of aromatic nitrogens is 3. The Kier molecular flexibility index (Phi) is 4.23. The van der Waals surface area contributed by atoms with E-state index in [0.717, 1.165) is 18.4 Å². The minimum atomic E-state index is 0.623. The molecule has 4 heteroatoms. The predicted molar refractivity (Wildman–Crippen MR) is 85.2 cm³/mol. The number of rotatable bonds is 4. The molecule has 1 aliphatic carbocycles. The second-order valence-corrected chi connectivity index (χ2v) is 6.40. The second-order valence-electron chi connectivity index (χ2n) is 6.40. The van der Waals surface area contributed by atoms with Crippen LogP contribution in [0.2, 0.25) is 0 Å². The monoisotopic (exact) mass is 284 g/mol. The number of benzene rings is 1. The lowest BCUT2D eigenvalue weighted by atomic mass is 9.79. The highest BCUT2D eigenvalue weighted by molar-refractivity contribution is 5.45. The molecule has 1 N–H and O–H groups in total. The summed E-state index contributed by atoms with van der Waals surface area (Å²) >= 11 is 0. The summed E-state index contributed by atoms with van der Waals surface area (Å²) in [7, 11) is 0. The van der Waals surface area contributed by atoms with Crippen molar-refractivity contribution in [1.29, 1.82) is 0 Å². The number of nitrogens with one attached hydrogen (secondary N) is 1. The molecule has 3 unspecified atom stereocenters. The van der Waals surface area contributed by atoms with Crippen molar-refractivity contribution in [1.82, 2.24) is 14.8 Å². The first-order valence-corrected chi connectivity index (χ1v) is 7.88. The molecule has 1 aromatic carbocycles. The Labute approximate surface area is 126 Å². The fourth-order valence-electron chi connectivity index (χ4n) is 3.12. The minimum absolute atomic E-state index is 0.623. The van der Waals surface area contributed by atoms with Gasteiger partial charge in [0.2, 0.25) is 0 Å². The standard InChI is InChI=1S/C17H24N4/c1-13-3-6-17(9-14(13)2)20-16-7-4-15(5-8-16)10-21-12-18-11-19-21/h4-5,7-8,11-14,17,20H,3,6,9-10H2,1-2H3. The van der Waals surface area contributed by atoms with E-state index in [1.807, 2.05) is 4.68 Å². The van der Waals surface area contributed by atoms with Crippen LogP contribution in [0.4, 0.5) is 5.69 Å². The van der Waals surface area contributed by atoms with Gasteiger partial charge in [-0.25, -0.2) is 9.67 Å². The molecule has 0 saturated heterocycles. The molecule has 2 aromatic rings. The molecule has 0 bridgehead atoms. The molecule has 0 radical (unpaired) electrons. The van der Waals surface area contributed by atoms with Gasteiger partial charge >= 0.3 is 0 Å². The Balaban J connectivity index is 1.57. The van der Waals surface area contributed by atoms with Crippen molar-refractivity contribution in [3.05, 3.63) is 42.5 Å². The van der Waals surface area contributed by atoms with E-state index in [4.69, 9.17) is 0 Å². The molecule has 0 amide bonds. The van der Waals surface area contributed by atoms with Gasteiger partial charge in [0, 0.05) is 11.7 Å². The molecule has 1 aliphatic rings. The van der Waals surface area contributed by atoms with Crippen molar-refractivity contribution < 1.29 is 0 Å². The highest BCUT2D eigenvalue weighted by Crippen LogP contribution is 2.31. The SMILES string of the molecule is CC1CCC(Nc2ccc(Cn3cncn3)cc2)CC1C. The molecular formula is C17H24N4. The molecule has 3 atom stereocenters. The lowest BCUT2D eigenvalue weighted by molar-refractivity contribution is 0.261. The van der Waals surface area contributed by atoms with Gasteiger partial charge in [-0.2, -0.15) is 5.10 Å². The van der Waals surface area contributed by atoms with Gasteiger partial charge in [0.15, 0.2) is 0 Å². The molecule has 0 aliphatic heterocycles. The molecule has 3 rings (SSSR count). The van der Waals surface area contributed by atoms with Crippen LogP contribution in [0.5, 0.6) is 0 Å². The van der Waals surface area contributed by atoms with E-state index in [2.05, 4.69) is 53.5 Å². The minimum Gasteiger partial charge on any atom is -0.382 e. The zero-order valence-corrected chi connectivity index (χ0v) is 12.9. The number of nitrogens with zero attached hydrogens (tertiary/aromatic N) is 3. The zero-order chi connectivity index (χ0) is 14.7. The number of hydrogen-bond acceptors (Lipinski definition) is 3. The maximum Gasteiger partial charge on any atom is 0.137 e. The van der Waals surface area contributed by atoms with E-state index in [-0.39, 0.29) is 0 Å². The predicted octanol–water partition coefficient (Wildman–Crippen LogP) is 3.56. The molecular weight excluding hydrogens is 260 g/mol. The van der Waals surface area contributed by atoms with Crippen molar-refractivity contribution in [3.63, 3.8) is 0 Å². The summed E-state index contributed by atoms with van der Waals surface area (Å²) in [6.45, 7) is 5.53. The maximum atomic E-state index is 4.13. The first kappa shape index (κ1) is 14.1. The topological polar surface area (TPSA) is 42.7 Å². The van der Waals surface area contributed by atoms with Gasteiger partial charge in [0.05, 0.1) is 6.54 Å². The van der Waals surface area contributed by atoms with Gasteiger partial charge in [-0.1, -0.05) is 26.0 Å². The molecule has 1 aromatic heterocycles. The summed E-state index contributed by atoms with van der Waals surface area (Å²) < 4.78 is 1.84. The summed E-state index contributed by atoms with van der Waals surface area (Å²) in [6.07, 6.45) is 7.22. The highest BCUT2D eigenvalue weighted by atomic mass is 15.3. The molecule has 21 heavy (non-hydrogen) atoms. The Bertz CT molecular complexity index is 547. The average molecular weight is 284 g/mol. The molecule has 1 fully saturated rings. The third-order valence-corrected chi connectivity index (χ3v) is 4.73. The van der Waals surface area contributed by atoms with Gasteiger partial charge in [-0.3, -0.25) is 0 Å². The van der Waals surface area contributed by atoms with E-state index in [1.54, 1.807) is 12.7 Å². The van der Waals surface area contributed by atoms with E-state index in [0.29, 0.717) is 6.04 Å². The normalized spacial score (nSPS) is 25.7. The fourth-order valence-corrected chi connectivity index (χ4v) is 3.12. The van der Waals surface area contributed by atoms with Crippen LogP contribution >= 0.6 is 0 Å². The van der Waals surface area contributed by atoms with Crippen molar-refractivity contribution >= 4 is 5.69 Å². The quantitative estimate of drug-likeness (QED) is 0.933. The van der Waals surface area contributed by atoms with Crippen LogP contribution < -0.4 is 5.32 Å². The summed E-state index contributed by atoms with van der Waals surface area (Å²) in [4.78, 5) is 3.97. The summed E-state index contributed by atoms with van der Waals surface area (Å²) in [5.74, 6) is 1.69.